The van der Waals surface area contributed by atoms with Crippen molar-refractivity contribution in [2.45, 2.75) is 33.2 Å². The number of benzene rings is 1. The third-order valence-corrected chi connectivity index (χ3v) is 3.10. The van der Waals surface area contributed by atoms with Gasteiger partial charge >= 0.3 is 0 Å². The van der Waals surface area contributed by atoms with Crippen molar-refractivity contribution in [2.75, 3.05) is 13.1 Å². The molecule has 1 heterocycles. The van der Waals surface area contributed by atoms with E-state index in [0.29, 0.717) is 6.04 Å². The number of halogens is 1. The number of hydrogen-bond acceptors (Lipinski definition) is 2. The van der Waals surface area contributed by atoms with Crippen LogP contribution in [0.15, 0.2) is 47.7 Å². The van der Waals surface area contributed by atoms with Gasteiger partial charge in [0, 0.05) is 25.3 Å². The van der Waals surface area contributed by atoms with Crippen LogP contribution < -0.4 is 10.6 Å². The Labute approximate surface area is 155 Å². The lowest BCUT2D eigenvalue weighted by Crippen LogP contribution is -2.41. The lowest BCUT2D eigenvalue weighted by molar-refractivity contribution is 0.700. The number of rotatable bonds is 6. The molecule has 0 saturated heterocycles. The van der Waals surface area contributed by atoms with Crippen LogP contribution in [0.4, 0.5) is 0 Å². The molecule has 1 aromatic heterocycles. The Morgan fingerprint density at radius 1 is 1.26 bits per heavy atom. The highest BCUT2D eigenvalue weighted by atomic mass is 127. The fraction of sp³-hybridized carbons (Fsp3) is 0.412. The molecule has 0 aliphatic heterocycles. The molecular formula is C17H26IN5. The van der Waals surface area contributed by atoms with Crippen molar-refractivity contribution in [3.05, 3.63) is 48.3 Å². The van der Waals surface area contributed by atoms with Gasteiger partial charge in [0.2, 0.25) is 0 Å². The number of nitrogens with one attached hydrogen (secondary N) is 2. The Morgan fingerprint density at radius 3 is 2.65 bits per heavy atom. The summed E-state index contributed by atoms with van der Waals surface area (Å²) < 4.78 is 1.90. The molecule has 23 heavy (non-hydrogen) atoms. The van der Waals surface area contributed by atoms with Gasteiger partial charge in [-0.3, -0.25) is 4.99 Å². The molecule has 0 amide bonds. The molecule has 0 radical (unpaired) electrons. The Bertz CT molecular complexity index is 592. The normalized spacial score (nSPS) is 11.2. The minimum atomic E-state index is 0. The molecule has 6 heteroatoms. The van der Waals surface area contributed by atoms with E-state index in [1.165, 1.54) is 5.56 Å². The Balaban J connectivity index is 0.00000264. The van der Waals surface area contributed by atoms with E-state index in [1.54, 1.807) is 0 Å². The zero-order valence-electron chi connectivity index (χ0n) is 14.0. The van der Waals surface area contributed by atoms with Crippen LogP contribution in [0.5, 0.6) is 0 Å². The fourth-order valence-corrected chi connectivity index (χ4v) is 2.10. The summed E-state index contributed by atoms with van der Waals surface area (Å²) in [7, 11) is 0. The van der Waals surface area contributed by atoms with Crippen molar-refractivity contribution in [1.82, 2.24) is 20.4 Å². The molecule has 5 nitrogen and oxygen atoms in total. The predicted octanol–water partition coefficient (Wildman–Crippen LogP) is 3.00. The number of para-hydroxylation sites is 1. The van der Waals surface area contributed by atoms with Gasteiger partial charge in [0.1, 0.15) is 0 Å². The topological polar surface area (TPSA) is 54.2 Å². The first-order valence-corrected chi connectivity index (χ1v) is 7.83. The highest BCUT2D eigenvalue weighted by Crippen LogP contribution is 2.08. The number of guanidine groups is 1. The molecule has 0 fully saturated rings. The van der Waals surface area contributed by atoms with Gasteiger partial charge in [0.25, 0.3) is 0 Å². The fourth-order valence-electron chi connectivity index (χ4n) is 2.10. The van der Waals surface area contributed by atoms with Gasteiger partial charge < -0.3 is 10.6 Å². The molecule has 126 valence electrons. The zero-order chi connectivity index (χ0) is 15.8. The van der Waals surface area contributed by atoms with E-state index >= 15 is 0 Å². The Kier molecular flexibility index (Phi) is 8.68. The van der Waals surface area contributed by atoms with Crippen molar-refractivity contribution in [3.8, 4) is 5.69 Å². The first-order valence-electron chi connectivity index (χ1n) is 7.83. The summed E-state index contributed by atoms with van der Waals surface area (Å²) >= 11 is 0. The summed E-state index contributed by atoms with van der Waals surface area (Å²) in [5.41, 5.74) is 2.26. The van der Waals surface area contributed by atoms with Crippen molar-refractivity contribution < 1.29 is 0 Å². The molecule has 1 aromatic carbocycles. The van der Waals surface area contributed by atoms with Gasteiger partial charge in [-0.05, 0) is 44.9 Å². The number of hydrogen-bond donors (Lipinski definition) is 2. The van der Waals surface area contributed by atoms with Crippen molar-refractivity contribution in [3.63, 3.8) is 0 Å². The van der Waals surface area contributed by atoms with Crippen LogP contribution >= 0.6 is 24.0 Å². The highest BCUT2D eigenvalue weighted by Gasteiger charge is 2.02. The van der Waals surface area contributed by atoms with Crippen molar-refractivity contribution >= 4 is 29.9 Å². The lowest BCUT2D eigenvalue weighted by Gasteiger charge is -2.13. The average Bonchev–Trinajstić information content (AvgIpc) is 2.97. The van der Waals surface area contributed by atoms with Crippen molar-refractivity contribution in [2.24, 2.45) is 4.99 Å². The van der Waals surface area contributed by atoms with Crippen LogP contribution in [0.25, 0.3) is 5.69 Å². The van der Waals surface area contributed by atoms with Gasteiger partial charge in [-0.2, -0.15) is 5.10 Å². The van der Waals surface area contributed by atoms with Gasteiger partial charge in [0.15, 0.2) is 5.96 Å². The molecule has 2 rings (SSSR count). The second kappa shape index (κ2) is 10.3. The van der Waals surface area contributed by atoms with Crippen LogP contribution in [-0.4, -0.2) is 34.9 Å². The Morgan fingerprint density at radius 2 is 2.00 bits per heavy atom. The van der Waals surface area contributed by atoms with Crippen LogP contribution in [0.3, 0.4) is 0 Å². The average molecular weight is 427 g/mol. The van der Waals surface area contributed by atoms with Gasteiger partial charge in [-0.15, -0.1) is 24.0 Å². The Hall–Kier alpha value is -1.57. The first kappa shape index (κ1) is 19.5. The molecule has 0 aliphatic rings. The standard InChI is InChI=1S/C17H25N5.HI/c1-4-18-17(21-14(2)3)19-11-10-15-12-20-22(13-15)16-8-6-5-7-9-16;/h5-9,12-14H,4,10-11H2,1-3H3,(H2,18,19,21);1H. The van der Waals surface area contributed by atoms with Crippen LogP contribution in [0.1, 0.15) is 26.3 Å². The lowest BCUT2D eigenvalue weighted by atomic mass is 10.2. The molecule has 0 aliphatic carbocycles. The molecule has 0 spiro atoms. The minimum Gasteiger partial charge on any atom is -0.357 e. The predicted molar refractivity (Wildman–Crippen MR) is 107 cm³/mol. The molecule has 0 unspecified atom stereocenters. The van der Waals surface area contributed by atoms with E-state index in [0.717, 1.165) is 31.2 Å². The van der Waals surface area contributed by atoms with E-state index < -0.39 is 0 Å². The third kappa shape index (κ3) is 6.60. The van der Waals surface area contributed by atoms with E-state index in [-0.39, 0.29) is 24.0 Å². The summed E-state index contributed by atoms with van der Waals surface area (Å²) in [5, 5.41) is 11.0. The minimum absolute atomic E-state index is 0. The van der Waals surface area contributed by atoms with Crippen LogP contribution in [-0.2, 0) is 6.42 Å². The maximum Gasteiger partial charge on any atom is 0.191 e. The monoisotopic (exact) mass is 427 g/mol. The quantitative estimate of drug-likeness (QED) is 0.424. The molecule has 2 aromatic rings. The summed E-state index contributed by atoms with van der Waals surface area (Å²) in [6.45, 7) is 7.89. The molecule has 2 N–H and O–H groups in total. The van der Waals surface area contributed by atoms with Crippen molar-refractivity contribution in [1.29, 1.82) is 0 Å². The van der Waals surface area contributed by atoms with E-state index in [4.69, 9.17) is 0 Å². The molecule has 0 saturated carbocycles. The molecule has 0 atom stereocenters. The summed E-state index contributed by atoms with van der Waals surface area (Å²) in [4.78, 5) is 4.59. The number of aliphatic imine (C=N–C) groups is 1. The summed E-state index contributed by atoms with van der Waals surface area (Å²) in [5.74, 6) is 0.868. The number of nitrogens with zero attached hydrogens (tertiary/aromatic N) is 3. The van der Waals surface area contributed by atoms with E-state index in [2.05, 4.69) is 47.7 Å². The van der Waals surface area contributed by atoms with Gasteiger partial charge in [-0.1, -0.05) is 18.2 Å². The maximum atomic E-state index is 4.59. The second-order valence-electron chi connectivity index (χ2n) is 5.44. The number of aromatic nitrogens is 2. The van der Waals surface area contributed by atoms with Crippen LogP contribution in [0.2, 0.25) is 0 Å². The van der Waals surface area contributed by atoms with Gasteiger partial charge in [0.05, 0.1) is 11.9 Å². The summed E-state index contributed by atoms with van der Waals surface area (Å²) in [6, 6.07) is 10.5. The second-order valence-corrected chi connectivity index (χ2v) is 5.44. The molecule has 0 bridgehead atoms. The van der Waals surface area contributed by atoms with E-state index in [9.17, 15) is 0 Å². The van der Waals surface area contributed by atoms with Crippen LogP contribution in [0, 0.1) is 0 Å². The SMILES string of the molecule is CCNC(=NCCc1cnn(-c2ccccc2)c1)NC(C)C.I. The molecular weight excluding hydrogens is 401 g/mol. The maximum absolute atomic E-state index is 4.59. The zero-order valence-corrected chi connectivity index (χ0v) is 16.3. The third-order valence-electron chi connectivity index (χ3n) is 3.10. The highest BCUT2D eigenvalue weighted by molar-refractivity contribution is 14.0. The van der Waals surface area contributed by atoms with Gasteiger partial charge in [-0.25, -0.2) is 4.68 Å². The largest absolute Gasteiger partial charge is 0.357 e. The van der Waals surface area contributed by atoms with E-state index in [1.807, 2.05) is 41.2 Å². The first-order chi connectivity index (χ1) is 10.7. The smallest absolute Gasteiger partial charge is 0.191 e. The summed E-state index contributed by atoms with van der Waals surface area (Å²) in [6.07, 6.45) is 4.85.